The second kappa shape index (κ2) is 8.18. The molecular weight excluding hydrogens is 262 g/mol. The smallest absolute Gasteiger partial charge is 0.224 e. The number of methoxy groups -OCH3 is 1. The second-order valence-corrected chi connectivity index (χ2v) is 6.06. The van der Waals surface area contributed by atoms with Gasteiger partial charge in [0, 0.05) is 20.2 Å². The Morgan fingerprint density at radius 2 is 2.19 bits per heavy atom. The largest absolute Gasteiger partial charge is 0.384 e. The summed E-state index contributed by atoms with van der Waals surface area (Å²) in [5, 5.41) is 0. The van der Waals surface area contributed by atoms with E-state index >= 15 is 0 Å². The van der Waals surface area contributed by atoms with Gasteiger partial charge in [-0.1, -0.05) is 24.3 Å². The predicted molar refractivity (Wildman–Crippen MR) is 85.3 cm³/mol. The van der Waals surface area contributed by atoms with Crippen molar-refractivity contribution in [2.24, 2.45) is 5.92 Å². The molecule has 0 saturated carbocycles. The molecule has 1 aromatic rings. The van der Waals surface area contributed by atoms with E-state index in [-0.39, 0.29) is 5.91 Å². The Bertz CT molecular complexity index is 458. The minimum atomic E-state index is 0.248. The van der Waals surface area contributed by atoms with Crippen molar-refractivity contribution < 1.29 is 9.53 Å². The van der Waals surface area contributed by atoms with Gasteiger partial charge in [0.15, 0.2) is 0 Å². The number of aryl methyl sites for hydroxylation is 2. The van der Waals surface area contributed by atoms with E-state index in [4.69, 9.17) is 4.74 Å². The molecule has 0 radical (unpaired) electrons. The lowest BCUT2D eigenvalue weighted by Gasteiger charge is -2.33. The van der Waals surface area contributed by atoms with Crippen LogP contribution in [0.1, 0.15) is 36.8 Å². The number of hydrogen-bond donors (Lipinski definition) is 0. The van der Waals surface area contributed by atoms with E-state index in [1.54, 1.807) is 7.11 Å². The minimum absolute atomic E-state index is 0.248. The fourth-order valence-electron chi connectivity index (χ4n) is 3.12. The van der Waals surface area contributed by atoms with E-state index in [1.807, 2.05) is 4.90 Å². The molecule has 1 aliphatic rings. The van der Waals surface area contributed by atoms with Gasteiger partial charge in [-0.2, -0.15) is 0 Å². The molecular formula is C18H27NO2. The summed E-state index contributed by atoms with van der Waals surface area (Å²) in [6.45, 7) is 4.55. The summed E-state index contributed by atoms with van der Waals surface area (Å²) in [5.74, 6) is 0.891. The first-order valence-corrected chi connectivity index (χ1v) is 8.02. The molecule has 21 heavy (non-hydrogen) atoms. The van der Waals surface area contributed by atoms with E-state index in [2.05, 4.69) is 31.2 Å². The van der Waals surface area contributed by atoms with Crippen LogP contribution in [-0.4, -0.2) is 37.6 Å². The standard InChI is InChI=1S/C18H27NO2/c1-15-6-3-4-8-17(15)10-9-16-7-5-12-19(14-16)18(20)11-13-21-2/h3-4,6,8,16H,5,7,9-14H2,1-2H3. The molecule has 116 valence electrons. The van der Waals surface area contributed by atoms with Gasteiger partial charge < -0.3 is 9.64 Å². The monoisotopic (exact) mass is 289 g/mol. The Labute approximate surface area is 128 Å². The first kappa shape index (κ1) is 16.0. The van der Waals surface area contributed by atoms with Crippen LogP contribution < -0.4 is 0 Å². The van der Waals surface area contributed by atoms with Crippen LogP contribution in [0.3, 0.4) is 0 Å². The number of nitrogens with zero attached hydrogens (tertiary/aromatic N) is 1. The number of likely N-dealkylation sites (tertiary alicyclic amines) is 1. The average Bonchev–Trinajstić information content (AvgIpc) is 2.52. The SMILES string of the molecule is COCCC(=O)N1CCCC(CCc2ccccc2C)C1. The molecule has 0 aliphatic carbocycles. The van der Waals surface area contributed by atoms with Gasteiger partial charge in [-0.05, 0) is 49.7 Å². The van der Waals surface area contributed by atoms with Crippen molar-refractivity contribution in [2.45, 2.75) is 39.0 Å². The van der Waals surface area contributed by atoms with E-state index < -0.39 is 0 Å². The number of rotatable bonds is 6. The number of piperidine rings is 1. The summed E-state index contributed by atoms with van der Waals surface area (Å²) in [5.41, 5.74) is 2.82. The van der Waals surface area contributed by atoms with Crippen LogP contribution in [0.15, 0.2) is 24.3 Å². The number of hydrogen-bond acceptors (Lipinski definition) is 2. The highest BCUT2D eigenvalue weighted by Crippen LogP contribution is 2.23. The highest BCUT2D eigenvalue weighted by Gasteiger charge is 2.23. The Morgan fingerprint density at radius 1 is 1.38 bits per heavy atom. The van der Waals surface area contributed by atoms with Gasteiger partial charge in [0.1, 0.15) is 0 Å². The topological polar surface area (TPSA) is 29.5 Å². The van der Waals surface area contributed by atoms with Gasteiger partial charge in [0.25, 0.3) is 0 Å². The van der Waals surface area contributed by atoms with Crippen LogP contribution in [-0.2, 0) is 16.0 Å². The lowest BCUT2D eigenvalue weighted by atomic mass is 9.90. The first-order valence-electron chi connectivity index (χ1n) is 8.02. The van der Waals surface area contributed by atoms with Gasteiger partial charge in [-0.15, -0.1) is 0 Å². The van der Waals surface area contributed by atoms with E-state index in [0.29, 0.717) is 18.9 Å². The first-order chi connectivity index (χ1) is 10.2. The summed E-state index contributed by atoms with van der Waals surface area (Å²) < 4.78 is 5.00. The molecule has 0 aromatic heterocycles. The second-order valence-electron chi connectivity index (χ2n) is 6.06. The van der Waals surface area contributed by atoms with Gasteiger partial charge >= 0.3 is 0 Å². The van der Waals surface area contributed by atoms with Crippen molar-refractivity contribution in [2.75, 3.05) is 26.8 Å². The summed E-state index contributed by atoms with van der Waals surface area (Å²) >= 11 is 0. The Kier molecular flexibility index (Phi) is 6.24. The molecule has 1 aliphatic heterocycles. The van der Waals surface area contributed by atoms with Crippen molar-refractivity contribution in [1.82, 2.24) is 4.90 Å². The fourth-order valence-corrected chi connectivity index (χ4v) is 3.12. The Morgan fingerprint density at radius 3 is 2.95 bits per heavy atom. The zero-order valence-corrected chi connectivity index (χ0v) is 13.3. The predicted octanol–water partition coefficient (Wildman–Crippen LogP) is 3.20. The van der Waals surface area contributed by atoms with Crippen LogP contribution in [0.4, 0.5) is 0 Å². The van der Waals surface area contributed by atoms with Crippen molar-refractivity contribution in [3.05, 3.63) is 35.4 Å². The fraction of sp³-hybridized carbons (Fsp3) is 0.611. The number of amides is 1. The highest BCUT2D eigenvalue weighted by atomic mass is 16.5. The van der Waals surface area contributed by atoms with Crippen LogP contribution in [0.2, 0.25) is 0 Å². The van der Waals surface area contributed by atoms with Crippen molar-refractivity contribution in [3.8, 4) is 0 Å². The molecule has 0 N–H and O–H groups in total. The maximum Gasteiger partial charge on any atom is 0.224 e. The Hall–Kier alpha value is -1.35. The van der Waals surface area contributed by atoms with Crippen molar-refractivity contribution >= 4 is 5.91 Å². The van der Waals surface area contributed by atoms with Crippen molar-refractivity contribution in [1.29, 1.82) is 0 Å². The van der Waals surface area contributed by atoms with Gasteiger partial charge in [-0.3, -0.25) is 4.79 Å². The van der Waals surface area contributed by atoms with Crippen LogP contribution in [0, 0.1) is 12.8 Å². The summed E-state index contributed by atoms with van der Waals surface area (Å²) in [6, 6.07) is 8.61. The average molecular weight is 289 g/mol. The molecule has 1 unspecified atom stereocenters. The number of carbonyl (C=O) groups excluding carboxylic acids is 1. The quantitative estimate of drug-likeness (QED) is 0.805. The molecule has 1 saturated heterocycles. The molecule has 0 spiro atoms. The number of ether oxygens (including phenoxy) is 1. The molecule has 1 amide bonds. The molecule has 1 fully saturated rings. The minimum Gasteiger partial charge on any atom is -0.384 e. The highest BCUT2D eigenvalue weighted by molar-refractivity contribution is 5.76. The third kappa shape index (κ3) is 4.85. The normalized spacial score (nSPS) is 18.8. The van der Waals surface area contributed by atoms with Crippen LogP contribution >= 0.6 is 0 Å². The lowest BCUT2D eigenvalue weighted by Crippen LogP contribution is -2.40. The number of benzene rings is 1. The lowest BCUT2D eigenvalue weighted by molar-refractivity contribution is -0.134. The molecule has 2 rings (SSSR count). The zero-order valence-electron chi connectivity index (χ0n) is 13.3. The van der Waals surface area contributed by atoms with Crippen LogP contribution in [0.25, 0.3) is 0 Å². The number of carbonyl (C=O) groups is 1. The molecule has 1 atom stereocenters. The Balaban J connectivity index is 1.81. The third-order valence-corrected chi connectivity index (χ3v) is 4.47. The van der Waals surface area contributed by atoms with E-state index in [1.165, 1.54) is 24.0 Å². The molecule has 3 nitrogen and oxygen atoms in total. The summed E-state index contributed by atoms with van der Waals surface area (Å²) in [7, 11) is 1.65. The van der Waals surface area contributed by atoms with Crippen LogP contribution in [0.5, 0.6) is 0 Å². The van der Waals surface area contributed by atoms with Gasteiger partial charge in [0.2, 0.25) is 5.91 Å². The molecule has 0 bridgehead atoms. The maximum absolute atomic E-state index is 12.1. The third-order valence-electron chi connectivity index (χ3n) is 4.47. The summed E-state index contributed by atoms with van der Waals surface area (Å²) in [6.07, 6.45) is 5.20. The maximum atomic E-state index is 12.1. The molecule has 1 aromatic carbocycles. The van der Waals surface area contributed by atoms with E-state index in [0.717, 1.165) is 25.9 Å². The van der Waals surface area contributed by atoms with Crippen molar-refractivity contribution in [3.63, 3.8) is 0 Å². The molecule has 1 heterocycles. The summed E-state index contributed by atoms with van der Waals surface area (Å²) in [4.78, 5) is 14.1. The van der Waals surface area contributed by atoms with E-state index in [9.17, 15) is 4.79 Å². The van der Waals surface area contributed by atoms with Gasteiger partial charge in [0.05, 0.1) is 13.0 Å². The zero-order chi connectivity index (χ0) is 15.1. The molecule has 3 heteroatoms. The van der Waals surface area contributed by atoms with Gasteiger partial charge in [-0.25, -0.2) is 0 Å².